The summed E-state index contributed by atoms with van der Waals surface area (Å²) in [5.74, 6) is 0. The molecule has 0 aliphatic rings. The number of hydrogen-bond acceptors (Lipinski definition) is 5. The van der Waals surface area contributed by atoms with Gasteiger partial charge in [0.15, 0.2) is 26.3 Å². The van der Waals surface area contributed by atoms with E-state index in [-0.39, 0.29) is 15.5 Å². The fourth-order valence-electron chi connectivity index (χ4n) is 0.946. The zero-order valence-corrected chi connectivity index (χ0v) is 10.4. The molecule has 0 aromatic carbocycles. The number of hydrogen-bond donors (Lipinski definition) is 0. The maximum absolute atomic E-state index is 5.90. The third-order valence-corrected chi connectivity index (χ3v) is 3.00. The van der Waals surface area contributed by atoms with Crippen LogP contribution in [0.15, 0.2) is 5.16 Å². The van der Waals surface area contributed by atoms with Gasteiger partial charge in [-0.2, -0.15) is 0 Å². The van der Waals surface area contributed by atoms with Crippen molar-refractivity contribution in [2.24, 2.45) is 0 Å². The van der Waals surface area contributed by atoms with Crippen molar-refractivity contribution in [3.05, 3.63) is 15.5 Å². The maximum atomic E-state index is 5.90. The Morgan fingerprint density at radius 1 is 0.867 bits per heavy atom. The van der Waals surface area contributed by atoms with E-state index in [0.29, 0.717) is 16.3 Å². The molecule has 2 rings (SSSR count). The number of nitrogens with zero attached hydrogens (tertiary/aromatic N) is 4. The standard InChI is InChI=1S/C7H3Cl3N4S/c1-15-7-13-3(8)2-6(14-7)12-5(10)4(9)11-2/h1H3. The van der Waals surface area contributed by atoms with Crippen LogP contribution in [0.25, 0.3) is 11.2 Å². The summed E-state index contributed by atoms with van der Waals surface area (Å²) in [7, 11) is 0. The van der Waals surface area contributed by atoms with Crippen molar-refractivity contribution >= 4 is 57.7 Å². The molecular formula is C7H3Cl3N4S. The Bertz CT molecular complexity index is 533. The van der Waals surface area contributed by atoms with E-state index in [4.69, 9.17) is 34.8 Å². The molecule has 78 valence electrons. The van der Waals surface area contributed by atoms with Gasteiger partial charge in [-0.15, -0.1) is 0 Å². The van der Waals surface area contributed by atoms with Gasteiger partial charge in [0.1, 0.15) is 5.52 Å². The summed E-state index contributed by atoms with van der Waals surface area (Å²) in [5, 5.41) is 0.924. The average Bonchev–Trinajstić information content (AvgIpc) is 2.21. The molecule has 0 unspecified atom stereocenters. The molecule has 2 heterocycles. The summed E-state index contributed by atoms with van der Waals surface area (Å²) >= 11 is 18.7. The van der Waals surface area contributed by atoms with Gasteiger partial charge in [-0.1, -0.05) is 46.6 Å². The van der Waals surface area contributed by atoms with Crippen LogP contribution in [0.2, 0.25) is 15.5 Å². The normalized spacial score (nSPS) is 10.9. The molecule has 0 aliphatic heterocycles. The summed E-state index contributed by atoms with van der Waals surface area (Å²) in [6.45, 7) is 0. The van der Waals surface area contributed by atoms with Gasteiger partial charge in [-0.25, -0.2) is 19.9 Å². The van der Waals surface area contributed by atoms with Gasteiger partial charge in [0.05, 0.1) is 0 Å². The number of fused-ring (bicyclic) bond motifs is 1. The van der Waals surface area contributed by atoms with Crippen molar-refractivity contribution in [3.63, 3.8) is 0 Å². The van der Waals surface area contributed by atoms with Crippen LogP contribution < -0.4 is 0 Å². The summed E-state index contributed by atoms with van der Waals surface area (Å²) < 4.78 is 0. The van der Waals surface area contributed by atoms with E-state index in [9.17, 15) is 0 Å². The van der Waals surface area contributed by atoms with Crippen LogP contribution in [0.1, 0.15) is 0 Å². The lowest BCUT2D eigenvalue weighted by Crippen LogP contribution is -1.95. The van der Waals surface area contributed by atoms with Crippen molar-refractivity contribution in [1.29, 1.82) is 0 Å². The lowest BCUT2D eigenvalue weighted by atomic mass is 10.5. The van der Waals surface area contributed by atoms with Crippen molar-refractivity contribution in [3.8, 4) is 0 Å². The van der Waals surface area contributed by atoms with Crippen LogP contribution in [0.5, 0.6) is 0 Å². The Balaban J connectivity index is 2.80. The van der Waals surface area contributed by atoms with E-state index < -0.39 is 0 Å². The SMILES string of the molecule is CSc1nc(Cl)c2nc(Cl)c(Cl)nc2n1. The summed E-state index contributed by atoms with van der Waals surface area (Å²) in [6.07, 6.45) is 1.84. The van der Waals surface area contributed by atoms with Gasteiger partial charge < -0.3 is 0 Å². The Labute approximate surface area is 104 Å². The monoisotopic (exact) mass is 280 g/mol. The molecule has 2 aromatic rings. The molecule has 0 fully saturated rings. The number of halogens is 3. The second-order valence-electron chi connectivity index (χ2n) is 2.48. The summed E-state index contributed by atoms with van der Waals surface area (Å²) in [6, 6.07) is 0. The van der Waals surface area contributed by atoms with Crippen LogP contribution in [0.4, 0.5) is 0 Å². The molecule has 0 aliphatic carbocycles. The summed E-state index contributed by atoms with van der Waals surface area (Å²) in [4.78, 5) is 16.0. The zero-order valence-electron chi connectivity index (χ0n) is 7.33. The molecule has 0 atom stereocenters. The Hall–Kier alpha value is -0.360. The summed E-state index contributed by atoms with van der Waals surface area (Å²) in [5.41, 5.74) is 0.692. The first kappa shape index (κ1) is 11.1. The van der Waals surface area contributed by atoms with E-state index in [1.165, 1.54) is 11.8 Å². The van der Waals surface area contributed by atoms with E-state index in [1.807, 2.05) is 6.26 Å². The van der Waals surface area contributed by atoms with E-state index in [2.05, 4.69) is 19.9 Å². The Morgan fingerprint density at radius 2 is 1.53 bits per heavy atom. The molecule has 0 bridgehead atoms. The number of thioether (sulfide) groups is 1. The van der Waals surface area contributed by atoms with Crippen LogP contribution in [0.3, 0.4) is 0 Å². The van der Waals surface area contributed by atoms with Crippen LogP contribution in [-0.4, -0.2) is 26.2 Å². The first-order valence-electron chi connectivity index (χ1n) is 3.72. The molecule has 0 amide bonds. The van der Waals surface area contributed by atoms with Crippen molar-refractivity contribution in [2.75, 3.05) is 6.26 Å². The lowest BCUT2D eigenvalue weighted by molar-refractivity contribution is 0.983. The van der Waals surface area contributed by atoms with Gasteiger partial charge in [0.2, 0.25) is 0 Å². The first-order valence-corrected chi connectivity index (χ1v) is 6.08. The highest BCUT2D eigenvalue weighted by Gasteiger charge is 2.11. The van der Waals surface area contributed by atoms with Gasteiger partial charge in [0.25, 0.3) is 0 Å². The second kappa shape index (κ2) is 4.25. The van der Waals surface area contributed by atoms with Crippen LogP contribution >= 0.6 is 46.6 Å². The molecule has 0 saturated heterocycles. The largest absolute Gasteiger partial charge is 0.226 e. The van der Waals surface area contributed by atoms with Crippen LogP contribution in [0, 0.1) is 0 Å². The van der Waals surface area contributed by atoms with Crippen LogP contribution in [-0.2, 0) is 0 Å². The van der Waals surface area contributed by atoms with Gasteiger partial charge >= 0.3 is 0 Å². The smallest absolute Gasteiger partial charge is 0.190 e. The van der Waals surface area contributed by atoms with E-state index >= 15 is 0 Å². The minimum atomic E-state index is 0.0894. The van der Waals surface area contributed by atoms with Crippen molar-refractivity contribution < 1.29 is 0 Å². The quantitative estimate of drug-likeness (QED) is 0.457. The fraction of sp³-hybridized carbons (Fsp3) is 0.143. The highest BCUT2D eigenvalue weighted by Crippen LogP contribution is 2.25. The van der Waals surface area contributed by atoms with Crippen molar-refractivity contribution in [2.45, 2.75) is 5.16 Å². The molecule has 0 N–H and O–H groups in total. The maximum Gasteiger partial charge on any atom is 0.190 e. The van der Waals surface area contributed by atoms with E-state index in [0.717, 1.165) is 0 Å². The minimum Gasteiger partial charge on any atom is -0.226 e. The molecule has 0 saturated carbocycles. The predicted octanol–water partition coefficient (Wildman–Crippen LogP) is 3.10. The molecule has 0 radical (unpaired) electrons. The fourth-order valence-corrected chi connectivity index (χ4v) is 1.81. The third-order valence-electron chi connectivity index (χ3n) is 1.57. The first-order chi connectivity index (χ1) is 7.11. The second-order valence-corrected chi connectivity index (χ2v) is 4.33. The van der Waals surface area contributed by atoms with Gasteiger partial charge in [0, 0.05) is 0 Å². The molecular weight excluding hydrogens is 279 g/mol. The van der Waals surface area contributed by atoms with Gasteiger partial charge in [-0.05, 0) is 6.26 Å². The Morgan fingerprint density at radius 3 is 2.20 bits per heavy atom. The van der Waals surface area contributed by atoms with E-state index in [1.54, 1.807) is 0 Å². The lowest BCUT2D eigenvalue weighted by Gasteiger charge is -2.01. The average molecular weight is 282 g/mol. The zero-order chi connectivity index (χ0) is 11.0. The molecule has 4 nitrogen and oxygen atoms in total. The third kappa shape index (κ3) is 2.10. The van der Waals surface area contributed by atoms with Crippen molar-refractivity contribution in [1.82, 2.24) is 19.9 Å². The Kier molecular flexibility index (Phi) is 3.16. The van der Waals surface area contributed by atoms with Gasteiger partial charge in [-0.3, -0.25) is 0 Å². The molecule has 2 aromatic heterocycles. The minimum absolute atomic E-state index is 0.0894. The highest BCUT2D eigenvalue weighted by atomic mass is 35.5. The predicted molar refractivity (Wildman–Crippen MR) is 61.9 cm³/mol. The topological polar surface area (TPSA) is 51.6 Å². The molecule has 15 heavy (non-hydrogen) atoms. The number of aromatic nitrogens is 4. The molecule has 8 heteroatoms. The number of rotatable bonds is 1. The molecule has 0 spiro atoms. The highest BCUT2D eigenvalue weighted by molar-refractivity contribution is 7.98.